The van der Waals surface area contributed by atoms with Crippen molar-refractivity contribution >= 4 is 10.0 Å². The van der Waals surface area contributed by atoms with E-state index in [1.54, 1.807) is 0 Å². The van der Waals surface area contributed by atoms with Crippen LogP contribution >= 0.6 is 0 Å². The molecule has 2 N–H and O–H groups in total. The minimum atomic E-state index is -3.69. The number of para-hydroxylation sites is 1. The van der Waals surface area contributed by atoms with Gasteiger partial charge in [0.1, 0.15) is 4.90 Å². The summed E-state index contributed by atoms with van der Waals surface area (Å²) < 4.78 is 23.7. The number of nitrogens with zero attached hydrogens (tertiary/aromatic N) is 2. The van der Waals surface area contributed by atoms with Crippen LogP contribution in [0, 0.1) is 6.92 Å². The molecule has 0 spiro atoms. The maximum absolute atomic E-state index is 11.1. The molecule has 2 aromatic rings. The summed E-state index contributed by atoms with van der Waals surface area (Å²) in [5.74, 6) is 0. The lowest BCUT2D eigenvalue weighted by molar-refractivity contribution is 0.598. The Hall–Kier alpha value is -1.66. The molecule has 0 aliphatic heterocycles. The average Bonchev–Trinajstić information content (AvgIpc) is 2.66. The van der Waals surface area contributed by atoms with E-state index in [9.17, 15) is 8.42 Å². The highest BCUT2D eigenvalue weighted by Crippen LogP contribution is 2.14. The summed E-state index contributed by atoms with van der Waals surface area (Å²) in [6, 6.07) is 7.55. The molecule has 1 heterocycles. The van der Waals surface area contributed by atoms with Crippen LogP contribution in [-0.4, -0.2) is 18.2 Å². The van der Waals surface area contributed by atoms with Crippen LogP contribution in [0.25, 0.3) is 5.69 Å². The van der Waals surface area contributed by atoms with Gasteiger partial charge in [-0.2, -0.15) is 5.10 Å². The molecule has 0 bridgehead atoms. The molecule has 0 saturated heterocycles. The Bertz CT molecular complexity index is 616. The third-order valence-electron chi connectivity index (χ3n) is 2.25. The lowest BCUT2D eigenvalue weighted by Gasteiger charge is -2.03. The van der Waals surface area contributed by atoms with E-state index in [1.807, 2.05) is 31.2 Å². The quantitative estimate of drug-likeness (QED) is 0.840. The van der Waals surface area contributed by atoms with Gasteiger partial charge in [0, 0.05) is 0 Å². The second-order valence-electron chi connectivity index (χ2n) is 3.45. The van der Waals surface area contributed by atoms with Crippen molar-refractivity contribution in [2.45, 2.75) is 11.8 Å². The van der Waals surface area contributed by atoms with E-state index in [1.165, 1.54) is 17.1 Å². The first-order valence-corrected chi connectivity index (χ1v) is 6.16. The van der Waals surface area contributed by atoms with Crippen molar-refractivity contribution in [3.8, 4) is 5.69 Å². The van der Waals surface area contributed by atoms with Crippen molar-refractivity contribution in [3.05, 3.63) is 42.2 Å². The predicted molar refractivity (Wildman–Crippen MR) is 59.7 cm³/mol. The zero-order chi connectivity index (χ0) is 11.8. The molecule has 1 aromatic carbocycles. The molecule has 6 heteroatoms. The van der Waals surface area contributed by atoms with E-state index >= 15 is 0 Å². The predicted octanol–water partition coefficient (Wildman–Crippen LogP) is 0.828. The van der Waals surface area contributed by atoms with Gasteiger partial charge in [0.15, 0.2) is 0 Å². The van der Waals surface area contributed by atoms with Crippen LogP contribution in [0.5, 0.6) is 0 Å². The monoisotopic (exact) mass is 237 g/mol. The van der Waals surface area contributed by atoms with Crippen LogP contribution in [-0.2, 0) is 10.0 Å². The van der Waals surface area contributed by atoms with Gasteiger partial charge >= 0.3 is 0 Å². The summed E-state index contributed by atoms with van der Waals surface area (Å²) in [4.78, 5) is 0.00996. The number of primary sulfonamides is 1. The third-order valence-corrected chi connectivity index (χ3v) is 3.12. The molecule has 0 atom stereocenters. The van der Waals surface area contributed by atoms with Gasteiger partial charge in [-0.25, -0.2) is 18.2 Å². The van der Waals surface area contributed by atoms with Gasteiger partial charge in [-0.15, -0.1) is 0 Å². The number of rotatable bonds is 2. The largest absolute Gasteiger partial charge is 0.241 e. The molecule has 1 aromatic heterocycles. The van der Waals surface area contributed by atoms with Gasteiger partial charge in [-0.1, -0.05) is 18.2 Å². The maximum Gasteiger partial charge on any atom is 0.241 e. The maximum atomic E-state index is 11.1. The summed E-state index contributed by atoms with van der Waals surface area (Å²) in [5, 5.41) is 8.98. The molecule has 0 saturated carbocycles. The SMILES string of the molecule is Cc1ccccc1-n1cc(S(N)(=O)=O)cn1. The Labute approximate surface area is 93.6 Å². The van der Waals surface area contributed by atoms with E-state index in [2.05, 4.69) is 5.10 Å². The lowest BCUT2D eigenvalue weighted by atomic mass is 10.2. The Kier molecular flexibility index (Phi) is 2.53. The number of aromatic nitrogens is 2. The van der Waals surface area contributed by atoms with E-state index in [4.69, 9.17) is 5.14 Å². The normalized spacial score (nSPS) is 11.6. The van der Waals surface area contributed by atoms with Gasteiger partial charge in [0.2, 0.25) is 10.0 Å². The lowest BCUT2D eigenvalue weighted by Crippen LogP contribution is -2.11. The topological polar surface area (TPSA) is 78.0 Å². The number of sulfonamides is 1. The highest BCUT2D eigenvalue weighted by Gasteiger charge is 2.11. The Morgan fingerprint density at radius 2 is 2.00 bits per heavy atom. The first kappa shape index (κ1) is 10.8. The summed E-state index contributed by atoms with van der Waals surface area (Å²) >= 11 is 0. The zero-order valence-electron chi connectivity index (χ0n) is 8.66. The Morgan fingerprint density at radius 1 is 1.31 bits per heavy atom. The van der Waals surface area contributed by atoms with Crippen molar-refractivity contribution < 1.29 is 8.42 Å². The molecule has 0 unspecified atom stereocenters. The van der Waals surface area contributed by atoms with Crippen LogP contribution in [0.4, 0.5) is 0 Å². The molecule has 2 rings (SSSR count). The standard InChI is InChI=1S/C10H11N3O2S/c1-8-4-2-3-5-10(8)13-7-9(6-12-13)16(11,14)15/h2-7H,1H3,(H2,11,14,15). The highest BCUT2D eigenvalue weighted by molar-refractivity contribution is 7.89. The fraction of sp³-hybridized carbons (Fsp3) is 0.100. The second kappa shape index (κ2) is 3.73. The zero-order valence-corrected chi connectivity index (χ0v) is 9.48. The number of hydrogen-bond acceptors (Lipinski definition) is 3. The average molecular weight is 237 g/mol. The first-order chi connectivity index (χ1) is 7.48. The molecule has 0 amide bonds. The number of hydrogen-bond donors (Lipinski definition) is 1. The van der Waals surface area contributed by atoms with E-state index in [0.717, 1.165) is 11.3 Å². The van der Waals surface area contributed by atoms with Gasteiger partial charge in [0.05, 0.1) is 18.1 Å². The molecular weight excluding hydrogens is 226 g/mol. The van der Waals surface area contributed by atoms with E-state index in [0.29, 0.717) is 0 Å². The van der Waals surface area contributed by atoms with Crippen LogP contribution in [0.15, 0.2) is 41.6 Å². The molecule has 84 valence electrons. The highest BCUT2D eigenvalue weighted by atomic mass is 32.2. The smallest absolute Gasteiger partial charge is 0.239 e. The number of aryl methyl sites for hydroxylation is 1. The van der Waals surface area contributed by atoms with Crippen molar-refractivity contribution in [3.63, 3.8) is 0 Å². The summed E-state index contributed by atoms with van der Waals surface area (Å²) in [5.41, 5.74) is 1.84. The molecule has 0 fully saturated rings. The number of benzene rings is 1. The van der Waals surface area contributed by atoms with Crippen molar-refractivity contribution in [1.29, 1.82) is 0 Å². The minimum Gasteiger partial charge on any atom is -0.239 e. The summed E-state index contributed by atoms with van der Waals surface area (Å²) in [6.45, 7) is 1.92. The third kappa shape index (κ3) is 1.98. The first-order valence-electron chi connectivity index (χ1n) is 4.62. The Balaban J connectivity index is 2.52. The minimum absolute atomic E-state index is 0.00996. The van der Waals surface area contributed by atoms with Gasteiger partial charge in [-0.05, 0) is 18.6 Å². The van der Waals surface area contributed by atoms with Gasteiger partial charge in [0.25, 0.3) is 0 Å². The Morgan fingerprint density at radius 3 is 2.56 bits per heavy atom. The second-order valence-corrected chi connectivity index (χ2v) is 5.01. The van der Waals surface area contributed by atoms with E-state index in [-0.39, 0.29) is 4.90 Å². The molecule has 0 aliphatic rings. The molecule has 5 nitrogen and oxygen atoms in total. The molecule has 16 heavy (non-hydrogen) atoms. The van der Waals surface area contributed by atoms with Gasteiger partial charge in [-0.3, -0.25) is 0 Å². The molecule has 0 aliphatic carbocycles. The molecular formula is C10H11N3O2S. The van der Waals surface area contributed by atoms with Crippen LogP contribution in [0.1, 0.15) is 5.56 Å². The van der Waals surface area contributed by atoms with E-state index < -0.39 is 10.0 Å². The van der Waals surface area contributed by atoms with Crippen LogP contribution < -0.4 is 5.14 Å². The van der Waals surface area contributed by atoms with Gasteiger partial charge < -0.3 is 0 Å². The van der Waals surface area contributed by atoms with Crippen molar-refractivity contribution in [2.75, 3.05) is 0 Å². The fourth-order valence-corrected chi connectivity index (χ4v) is 1.85. The summed E-state index contributed by atoms with van der Waals surface area (Å²) in [7, 11) is -3.69. The van der Waals surface area contributed by atoms with Crippen LogP contribution in [0.3, 0.4) is 0 Å². The van der Waals surface area contributed by atoms with Crippen molar-refractivity contribution in [2.24, 2.45) is 5.14 Å². The summed E-state index contributed by atoms with van der Waals surface area (Å²) in [6.07, 6.45) is 2.64. The molecule has 0 radical (unpaired) electrons. The fourth-order valence-electron chi connectivity index (χ4n) is 1.41. The van der Waals surface area contributed by atoms with Crippen LogP contribution in [0.2, 0.25) is 0 Å². The van der Waals surface area contributed by atoms with Crippen molar-refractivity contribution in [1.82, 2.24) is 9.78 Å². The number of nitrogens with two attached hydrogens (primary N) is 1.